The van der Waals surface area contributed by atoms with Gasteiger partial charge in [-0.05, 0) is 26.3 Å². The van der Waals surface area contributed by atoms with Crippen molar-refractivity contribution in [2.75, 3.05) is 7.05 Å². The third-order valence-corrected chi connectivity index (χ3v) is 2.52. The zero-order valence-corrected chi connectivity index (χ0v) is 10.1. The molecule has 0 fully saturated rings. The lowest BCUT2D eigenvalue weighted by atomic mass is 10.2. The largest absolute Gasteiger partial charge is 0.358 e. The van der Waals surface area contributed by atoms with Crippen LogP contribution in [-0.4, -0.2) is 34.8 Å². The molecular formula is C11H20N4O. The van der Waals surface area contributed by atoms with Crippen molar-refractivity contribution in [3.8, 4) is 0 Å². The quantitative estimate of drug-likeness (QED) is 0.734. The molecule has 1 rings (SSSR count). The Kier molecular flexibility index (Phi) is 4.98. The van der Waals surface area contributed by atoms with E-state index in [1.807, 2.05) is 23.9 Å². The number of aryl methyl sites for hydroxylation is 1. The third kappa shape index (κ3) is 4.02. The van der Waals surface area contributed by atoms with Crippen LogP contribution in [0.2, 0.25) is 0 Å². The Morgan fingerprint density at radius 1 is 1.50 bits per heavy atom. The topological polar surface area (TPSA) is 59.0 Å². The van der Waals surface area contributed by atoms with Gasteiger partial charge in [0.1, 0.15) is 0 Å². The lowest BCUT2D eigenvalue weighted by Crippen LogP contribution is -2.44. The Morgan fingerprint density at radius 2 is 2.25 bits per heavy atom. The van der Waals surface area contributed by atoms with Crippen molar-refractivity contribution in [3.63, 3.8) is 0 Å². The maximum atomic E-state index is 11.3. The zero-order valence-electron chi connectivity index (χ0n) is 10.1. The summed E-state index contributed by atoms with van der Waals surface area (Å²) < 4.78 is 1.89. The van der Waals surface area contributed by atoms with Crippen molar-refractivity contribution < 1.29 is 4.79 Å². The first kappa shape index (κ1) is 12.7. The molecule has 0 saturated carbocycles. The Hall–Kier alpha value is -1.36. The van der Waals surface area contributed by atoms with Crippen LogP contribution < -0.4 is 10.6 Å². The number of rotatable bonds is 6. The smallest absolute Gasteiger partial charge is 0.236 e. The molecule has 0 radical (unpaired) electrons. The van der Waals surface area contributed by atoms with Gasteiger partial charge in [0.15, 0.2) is 0 Å². The van der Waals surface area contributed by atoms with Gasteiger partial charge in [0, 0.05) is 32.0 Å². The van der Waals surface area contributed by atoms with Gasteiger partial charge in [0.25, 0.3) is 0 Å². The molecule has 90 valence electrons. The summed E-state index contributed by atoms with van der Waals surface area (Å²) in [7, 11) is 1.65. The first-order valence-electron chi connectivity index (χ1n) is 5.58. The number of nitrogens with one attached hydrogen (secondary N) is 2. The summed E-state index contributed by atoms with van der Waals surface area (Å²) in [6.07, 6.45) is 4.66. The molecule has 1 heterocycles. The molecule has 2 N–H and O–H groups in total. The summed E-state index contributed by atoms with van der Waals surface area (Å²) in [5.74, 6) is 0.0194. The van der Waals surface area contributed by atoms with E-state index in [9.17, 15) is 4.79 Å². The number of nitrogens with zero attached hydrogens (tertiary/aromatic N) is 2. The fourth-order valence-electron chi connectivity index (χ4n) is 1.56. The van der Waals surface area contributed by atoms with E-state index in [1.165, 1.54) is 0 Å². The van der Waals surface area contributed by atoms with Crippen molar-refractivity contribution in [2.45, 2.75) is 38.9 Å². The zero-order chi connectivity index (χ0) is 12.0. The fraction of sp³-hybridized carbons (Fsp3) is 0.636. The standard InChI is InChI=1S/C11H20N4O/c1-9(14-10(2)11(16)12-3)5-8-15-7-4-6-13-15/h4,6-7,9-10,14H,5,8H2,1-3H3,(H,12,16)/t9?,10-/m1/s1. The van der Waals surface area contributed by atoms with E-state index in [-0.39, 0.29) is 18.0 Å². The first-order chi connectivity index (χ1) is 7.63. The molecule has 2 atom stereocenters. The SMILES string of the molecule is CNC(=O)[C@@H](C)NC(C)CCn1cccn1. The summed E-state index contributed by atoms with van der Waals surface area (Å²) in [4.78, 5) is 11.3. The molecule has 0 bridgehead atoms. The second-order valence-electron chi connectivity index (χ2n) is 3.96. The van der Waals surface area contributed by atoms with Gasteiger partial charge in [-0.25, -0.2) is 0 Å². The number of hydrogen-bond acceptors (Lipinski definition) is 3. The molecule has 1 unspecified atom stereocenters. The number of carbonyl (C=O) groups is 1. The van der Waals surface area contributed by atoms with E-state index in [0.29, 0.717) is 0 Å². The molecule has 0 aliphatic rings. The second kappa shape index (κ2) is 6.27. The minimum absolute atomic E-state index is 0.0194. The summed E-state index contributed by atoms with van der Waals surface area (Å²) in [6, 6.07) is 2.04. The van der Waals surface area contributed by atoms with E-state index in [4.69, 9.17) is 0 Å². The van der Waals surface area contributed by atoms with Crippen LogP contribution in [0.4, 0.5) is 0 Å². The van der Waals surface area contributed by atoms with Gasteiger partial charge in [0.05, 0.1) is 6.04 Å². The maximum absolute atomic E-state index is 11.3. The Morgan fingerprint density at radius 3 is 2.81 bits per heavy atom. The van der Waals surface area contributed by atoms with Crippen LogP contribution in [0.25, 0.3) is 0 Å². The van der Waals surface area contributed by atoms with Gasteiger partial charge >= 0.3 is 0 Å². The van der Waals surface area contributed by atoms with E-state index in [1.54, 1.807) is 13.2 Å². The molecule has 5 heteroatoms. The summed E-state index contributed by atoms with van der Waals surface area (Å²) in [5, 5.41) is 9.99. The van der Waals surface area contributed by atoms with Crippen molar-refractivity contribution in [3.05, 3.63) is 18.5 Å². The number of likely N-dealkylation sites (N-methyl/N-ethyl adjacent to an activating group) is 1. The average molecular weight is 224 g/mol. The number of amides is 1. The molecule has 1 aromatic rings. The third-order valence-electron chi connectivity index (χ3n) is 2.52. The Labute approximate surface area is 96.2 Å². The van der Waals surface area contributed by atoms with E-state index in [0.717, 1.165) is 13.0 Å². The Bertz CT molecular complexity index is 310. The van der Waals surface area contributed by atoms with Crippen LogP contribution in [0.1, 0.15) is 20.3 Å². The number of aromatic nitrogens is 2. The molecule has 16 heavy (non-hydrogen) atoms. The van der Waals surface area contributed by atoms with Gasteiger partial charge in [-0.15, -0.1) is 0 Å². The molecule has 0 aliphatic carbocycles. The predicted octanol–water partition coefficient (Wildman–Crippen LogP) is 0.386. The highest BCUT2D eigenvalue weighted by molar-refractivity contribution is 5.80. The molecular weight excluding hydrogens is 204 g/mol. The van der Waals surface area contributed by atoms with Crippen molar-refractivity contribution in [1.29, 1.82) is 0 Å². The second-order valence-corrected chi connectivity index (χ2v) is 3.96. The number of carbonyl (C=O) groups excluding carboxylic acids is 1. The van der Waals surface area contributed by atoms with Crippen molar-refractivity contribution in [2.24, 2.45) is 0 Å². The van der Waals surface area contributed by atoms with Gasteiger partial charge < -0.3 is 10.6 Å². The summed E-state index contributed by atoms with van der Waals surface area (Å²) in [5.41, 5.74) is 0. The van der Waals surface area contributed by atoms with Crippen LogP contribution in [0.3, 0.4) is 0 Å². The lowest BCUT2D eigenvalue weighted by molar-refractivity contribution is -0.122. The Balaban J connectivity index is 2.25. The molecule has 1 amide bonds. The normalized spacial score (nSPS) is 14.4. The molecule has 5 nitrogen and oxygen atoms in total. The monoisotopic (exact) mass is 224 g/mol. The summed E-state index contributed by atoms with van der Waals surface area (Å²) in [6.45, 7) is 4.80. The van der Waals surface area contributed by atoms with Crippen LogP contribution in [-0.2, 0) is 11.3 Å². The van der Waals surface area contributed by atoms with E-state index < -0.39 is 0 Å². The van der Waals surface area contributed by atoms with Crippen LogP contribution in [0, 0.1) is 0 Å². The van der Waals surface area contributed by atoms with Gasteiger partial charge in [-0.3, -0.25) is 9.48 Å². The molecule has 1 aromatic heterocycles. The average Bonchev–Trinajstić information content (AvgIpc) is 2.78. The minimum atomic E-state index is -0.155. The van der Waals surface area contributed by atoms with Crippen LogP contribution in [0.15, 0.2) is 18.5 Å². The molecule has 0 aromatic carbocycles. The molecule has 0 spiro atoms. The van der Waals surface area contributed by atoms with Gasteiger partial charge in [-0.2, -0.15) is 5.10 Å². The highest BCUT2D eigenvalue weighted by Gasteiger charge is 2.13. The lowest BCUT2D eigenvalue weighted by Gasteiger charge is -2.18. The van der Waals surface area contributed by atoms with Gasteiger partial charge in [0.2, 0.25) is 5.91 Å². The highest BCUT2D eigenvalue weighted by atomic mass is 16.2. The summed E-state index contributed by atoms with van der Waals surface area (Å²) >= 11 is 0. The van der Waals surface area contributed by atoms with Gasteiger partial charge in [-0.1, -0.05) is 0 Å². The van der Waals surface area contributed by atoms with Crippen molar-refractivity contribution in [1.82, 2.24) is 20.4 Å². The maximum Gasteiger partial charge on any atom is 0.236 e. The van der Waals surface area contributed by atoms with E-state index >= 15 is 0 Å². The van der Waals surface area contributed by atoms with E-state index in [2.05, 4.69) is 22.7 Å². The van der Waals surface area contributed by atoms with Crippen molar-refractivity contribution >= 4 is 5.91 Å². The highest BCUT2D eigenvalue weighted by Crippen LogP contribution is 1.97. The molecule has 0 saturated heterocycles. The fourth-order valence-corrected chi connectivity index (χ4v) is 1.56. The number of hydrogen-bond donors (Lipinski definition) is 2. The molecule has 0 aliphatic heterocycles. The van der Waals surface area contributed by atoms with Crippen LogP contribution >= 0.6 is 0 Å². The van der Waals surface area contributed by atoms with Crippen LogP contribution in [0.5, 0.6) is 0 Å². The first-order valence-corrected chi connectivity index (χ1v) is 5.58. The predicted molar refractivity (Wildman–Crippen MR) is 63.0 cm³/mol. The minimum Gasteiger partial charge on any atom is -0.358 e.